The highest BCUT2D eigenvalue weighted by Crippen LogP contribution is 2.27. The van der Waals surface area contributed by atoms with Gasteiger partial charge in [-0.1, -0.05) is 24.3 Å². The van der Waals surface area contributed by atoms with Gasteiger partial charge in [-0.3, -0.25) is 4.79 Å². The van der Waals surface area contributed by atoms with E-state index in [9.17, 15) is 4.79 Å². The molecule has 0 saturated heterocycles. The highest BCUT2D eigenvalue weighted by atomic mass is 32.1. The van der Waals surface area contributed by atoms with E-state index in [0.717, 1.165) is 43.5 Å². The minimum absolute atomic E-state index is 0.109. The number of nitrogens with one attached hydrogen (secondary N) is 2. The molecule has 1 heterocycles. The second-order valence-electron chi connectivity index (χ2n) is 7.32. The molecule has 0 unspecified atom stereocenters. The molecule has 0 atom stereocenters. The minimum atomic E-state index is -0.298. The Hall–Kier alpha value is -3.58. The average molecular weight is 448 g/mol. The van der Waals surface area contributed by atoms with Crippen molar-refractivity contribution in [2.45, 2.75) is 13.0 Å². The van der Waals surface area contributed by atoms with Gasteiger partial charge in [-0.25, -0.2) is 4.98 Å². The fourth-order valence-electron chi connectivity index (χ4n) is 3.50. The molecule has 0 radical (unpaired) electrons. The summed E-state index contributed by atoms with van der Waals surface area (Å²) in [6.45, 7) is 2.15. The van der Waals surface area contributed by atoms with Crippen LogP contribution in [0.2, 0.25) is 0 Å². The Morgan fingerprint density at radius 2 is 1.53 bits per heavy atom. The van der Waals surface area contributed by atoms with Crippen molar-refractivity contribution in [3.63, 3.8) is 0 Å². The molecule has 0 spiro atoms. The van der Waals surface area contributed by atoms with Crippen LogP contribution in [0.5, 0.6) is 11.5 Å². The standard InChI is InChI=1S/C25H25N3O3S/c1-16-27-22-13-8-19(14-23(22)32-16)26-15-24(29)28-25(17-4-9-20(30-2)10-5-17)18-6-11-21(31-3)12-7-18/h4-14,25-26H,15H2,1-3H3,(H,28,29). The first-order chi connectivity index (χ1) is 15.6. The quantitative estimate of drug-likeness (QED) is 0.400. The second-order valence-corrected chi connectivity index (χ2v) is 8.55. The third kappa shape index (κ3) is 5.00. The van der Waals surface area contributed by atoms with Gasteiger partial charge in [0.05, 0.1) is 42.0 Å². The number of methoxy groups -OCH3 is 2. The maximum Gasteiger partial charge on any atom is 0.240 e. The number of fused-ring (bicyclic) bond motifs is 1. The summed E-state index contributed by atoms with van der Waals surface area (Å²) in [6.07, 6.45) is 0. The lowest BCUT2D eigenvalue weighted by molar-refractivity contribution is -0.119. The molecule has 0 fully saturated rings. The number of amides is 1. The number of hydrogen-bond acceptors (Lipinski definition) is 6. The second kappa shape index (κ2) is 9.70. The molecule has 6 nitrogen and oxygen atoms in total. The van der Waals surface area contributed by atoms with E-state index >= 15 is 0 Å². The van der Waals surface area contributed by atoms with Crippen LogP contribution in [0.3, 0.4) is 0 Å². The summed E-state index contributed by atoms with van der Waals surface area (Å²) in [5, 5.41) is 7.39. The fraction of sp³-hybridized carbons (Fsp3) is 0.200. The van der Waals surface area contributed by atoms with E-state index in [1.807, 2.05) is 73.7 Å². The van der Waals surface area contributed by atoms with Gasteiger partial charge >= 0.3 is 0 Å². The normalized spacial score (nSPS) is 10.9. The van der Waals surface area contributed by atoms with Gasteiger partial charge < -0.3 is 20.1 Å². The molecular weight excluding hydrogens is 422 g/mol. The summed E-state index contributed by atoms with van der Waals surface area (Å²) in [6, 6.07) is 21.0. The van der Waals surface area contributed by atoms with Crippen molar-refractivity contribution in [1.82, 2.24) is 10.3 Å². The molecular formula is C25H25N3O3S. The summed E-state index contributed by atoms with van der Waals surface area (Å²) >= 11 is 1.64. The monoisotopic (exact) mass is 447 g/mol. The zero-order valence-corrected chi connectivity index (χ0v) is 19.0. The molecule has 2 N–H and O–H groups in total. The van der Waals surface area contributed by atoms with E-state index in [-0.39, 0.29) is 18.5 Å². The van der Waals surface area contributed by atoms with Gasteiger partial charge in [0.15, 0.2) is 0 Å². The van der Waals surface area contributed by atoms with Gasteiger partial charge in [0.1, 0.15) is 11.5 Å². The number of aromatic nitrogens is 1. The number of ether oxygens (including phenoxy) is 2. The zero-order valence-electron chi connectivity index (χ0n) is 18.2. The van der Waals surface area contributed by atoms with E-state index in [4.69, 9.17) is 9.47 Å². The number of nitrogens with zero attached hydrogens (tertiary/aromatic N) is 1. The van der Waals surface area contributed by atoms with Gasteiger partial charge in [0, 0.05) is 5.69 Å². The summed E-state index contributed by atoms with van der Waals surface area (Å²) in [4.78, 5) is 17.3. The van der Waals surface area contributed by atoms with E-state index in [0.29, 0.717) is 0 Å². The number of hydrogen-bond donors (Lipinski definition) is 2. The zero-order chi connectivity index (χ0) is 22.5. The lowest BCUT2D eigenvalue weighted by Crippen LogP contribution is -2.34. The van der Waals surface area contributed by atoms with Crippen LogP contribution in [0, 0.1) is 6.92 Å². The number of carbonyl (C=O) groups excluding carboxylic acids is 1. The van der Waals surface area contributed by atoms with E-state index in [1.54, 1.807) is 25.6 Å². The number of rotatable bonds is 8. The average Bonchev–Trinajstić information content (AvgIpc) is 3.20. The number of aryl methyl sites for hydroxylation is 1. The first-order valence-electron chi connectivity index (χ1n) is 10.2. The number of thiazole rings is 1. The fourth-order valence-corrected chi connectivity index (χ4v) is 4.36. The third-order valence-electron chi connectivity index (χ3n) is 5.15. The predicted octanol–water partition coefficient (Wildman–Crippen LogP) is 4.94. The lowest BCUT2D eigenvalue weighted by atomic mass is 9.98. The molecule has 4 aromatic rings. The lowest BCUT2D eigenvalue weighted by Gasteiger charge is -2.21. The topological polar surface area (TPSA) is 72.5 Å². The Morgan fingerprint density at radius 1 is 0.938 bits per heavy atom. The smallest absolute Gasteiger partial charge is 0.240 e. The molecule has 164 valence electrons. The molecule has 0 aliphatic carbocycles. The minimum Gasteiger partial charge on any atom is -0.497 e. The van der Waals surface area contributed by atoms with Crippen LogP contribution >= 0.6 is 11.3 Å². The van der Waals surface area contributed by atoms with E-state index < -0.39 is 0 Å². The van der Waals surface area contributed by atoms with Gasteiger partial charge in [0.25, 0.3) is 0 Å². The van der Waals surface area contributed by atoms with Crippen molar-refractivity contribution >= 4 is 33.1 Å². The highest BCUT2D eigenvalue weighted by Gasteiger charge is 2.17. The molecule has 3 aromatic carbocycles. The molecule has 0 aliphatic heterocycles. The van der Waals surface area contributed by atoms with Gasteiger partial charge in [-0.15, -0.1) is 11.3 Å². The van der Waals surface area contributed by atoms with Crippen LogP contribution in [0.4, 0.5) is 5.69 Å². The van der Waals surface area contributed by atoms with E-state index in [2.05, 4.69) is 15.6 Å². The summed E-state index contributed by atoms with van der Waals surface area (Å²) in [5.74, 6) is 1.43. The maximum atomic E-state index is 12.9. The molecule has 1 aromatic heterocycles. The SMILES string of the molecule is COc1ccc(C(NC(=O)CNc2ccc3nc(C)sc3c2)c2ccc(OC)cc2)cc1. The molecule has 0 bridgehead atoms. The molecule has 7 heteroatoms. The van der Waals surface area contributed by atoms with Gasteiger partial charge in [0.2, 0.25) is 5.91 Å². The van der Waals surface area contributed by atoms with Crippen molar-refractivity contribution in [3.8, 4) is 11.5 Å². The van der Waals surface area contributed by atoms with Gasteiger partial charge in [-0.05, 0) is 60.5 Å². The van der Waals surface area contributed by atoms with Crippen LogP contribution in [0.1, 0.15) is 22.2 Å². The Kier molecular flexibility index (Phi) is 6.56. The third-order valence-corrected chi connectivity index (χ3v) is 6.09. The molecule has 0 aliphatic rings. The summed E-state index contributed by atoms with van der Waals surface area (Å²) in [5.41, 5.74) is 3.79. The van der Waals surface area contributed by atoms with E-state index in [1.165, 1.54) is 0 Å². The van der Waals surface area contributed by atoms with Crippen molar-refractivity contribution in [2.24, 2.45) is 0 Å². The Labute approximate surface area is 191 Å². The van der Waals surface area contributed by atoms with Crippen LogP contribution < -0.4 is 20.1 Å². The largest absolute Gasteiger partial charge is 0.497 e. The van der Waals surface area contributed by atoms with Crippen molar-refractivity contribution < 1.29 is 14.3 Å². The Morgan fingerprint density at radius 3 is 2.09 bits per heavy atom. The molecule has 4 rings (SSSR count). The Bertz CT molecular complexity index is 1160. The molecule has 32 heavy (non-hydrogen) atoms. The number of anilines is 1. The number of carbonyl (C=O) groups is 1. The van der Waals surface area contributed by atoms with Crippen LogP contribution in [-0.4, -0.2) is 31.7 Å². The van der Waals surface area contributed by atoms with Gasteiger partial charge in [-0.2, -0.15) is 0 Å². The van der Waals surface area contributed by atoms with Crippen LogP contribution in [0.15, 0.2) is 66.7 Å². The highest BCUT2D eigenvalue weighted by molar-refractivity contribution is 7.18. The first-order valence-corrected chi connectivity index (χ1v) is 11.1. The molecule has 1 amide bonds. The van der Waals surface area contributed by atoms with Crippen molar-refractivity contribution in [2.75, 3.05) is 26.1 Å². The van der Waals surface area contributed by atoms with Crippen molar-refractivity contribution in [3.05, 3.63) is 82.9 Å². The summed E-state index contributed by atoms with van der Waals surface area (Å²) in [7, 11) is 3.27. The molecule has 0 saturated carbocycles. The van der Waals surface area contributed by atoms with Crippen LogP contribution in [0.25, 0.3) is 10.2 Å². The first kappa shape index (κ1) is 21.6. The summed E-state index contributed by atoms with van der Waals surface area (Å²) < 4.78 is 11.6. The Balaban J connectivity index is 1.49. The van der Waals surface area contributed by atoms with Crippen LogP contribution in [-0.2, 0) is 4.79 Å². The van der Waals surface area contributed by atoms with Crippen molar-refractivity contribution in [1.29, 1.82) is 0 Å². The predicted molar refractivity (Wildman–Crippen MR) is 129 cm³/mol. The maximum absolute atomic E-state index is 12.9. The number of benzene rings is 3.